The third-order valence-corrected chi connectivity index (χ3v) is 7.07. The van der Waals surface area contributed by atoms with Crippen LogP contribution in [0.25, 0.3) is 10.9 Å². The third-order valence-electron chi connectivity index (χ3n) is 5.36. The number of carbonyl (C=O) groups is 1. The van der Waals surface area contributed by atoms with Crippen LogP contribution < -0.4 is 0 Å². The Hall–Kier alpha value is -2.64. The first-order valence-electron chi connectivity index (χ1n) is 10.1. The van der Waals surface area contributed by atoms with Gasteiger partial charge in [0.15, 0.2) is 9.84 Å². The molecule has 1 aliphatic heterocycles. The molecule has 1 amide bonds. The number of aromatic nitrogens is 1. The second kappa shape index (κ2) is 8.24. The van der Waals surface area contributed by atoms with Crippen molar-refractivity contribution in [2.45, 2.75) is 43.2 Å². The van der Waals surface area contributed by atoms with E-state index < -0.39 is 9.84 Å². The molecular weight excluding hydrogens is 400 g/mol. The predicted octanol–water partition coefficient (Wildman–Crippen LogP) is 3.25. The van der Waals surface area contributed by atoms with E-state index in [0.29, 0.717) is 18.5 Å². The lowest BCUT2D eigenvalue weighted by molar-refractivity contribution is -0.143. The van der Waals surface area contributed by atoms with Crippen molar-refractivity contribution in [1.29, 1.82) is 0 Å². The summed E-state index contributed by atoms with van der Waals surface area (Å²) in [6.07, 6.45) is 1.58. The zero-order valence-corrected chi connectivity index (χ0v) is 18.0. The van der Waals surface area contributed by atoms with Crippen molar-refractivity contribution in [3.05, 3.63) is 66.4 Å². The number of rotatable bonds is 5. The fourth-order valence-electron chi connectivity index (χ4n) is 4.09. The Kier molecular flexibility index (Phi) is 5.66. The lowest BCUT2D eigenvalue weighted by Crippen LogP contribution is -2.49. The molecular formula is C23H26N2O4S. The second-order valence-electron chi connectivity index (χ2n) is 7.94. The van der Waals surface area contributed by atoms with Gasteiger partial charge in [-0.15, -0.1) is 0 Å². The normalized spacial score (nSPS) is 19.9. The summed E-state index contributed by atoms with van der Waals surface area (Å²) in [6, 6.07) is 16.5. The molecule has 0 unspecified atom stereocenters. The number of amides is 1. The van der Waals surface area contributed by atoms with Crippen LogP contribution in [-0.4, -0.2) is 49.1 Å². The first-order chi connectivity index (χ1) is 14.3. The SMILES string of the molecule is C[C@@H]1CN(C(=O)Cn2cc(S(=O)(=O)Cc3ccccc3)c3ccccc32)C[C@H](C)O1. The molecule has 30 heavy (non-hydrogen) atoms. The van der Waals surface area contributed by atoms with E-state index in [9.17, 15) is 13.2 Å². The largest absolute Gasteiger partial charge is 0.372 e. The van der Waals surface area contributed by atoms with E-state index in [1.807, 2.05) is 50.2 Å². The molecule has 2 aromatic carbocycles. The monoisotopic (exact) mass is 426 g/mol. The number of para-hydroxylation sites is 1. The van der Waals surface area contributed by atoms with Gasteiger partial charge in [-0.3, -0.25) is 4.79 Å². The van der Waals surface area contributed by atoms with Crippen molar-refractivity contribution in [3.63, 3.8) is 0 Å². The van der Waals surface area contributed by atoms with Crippen molar-refractivity contribution in [3.8, 4) is 0 Å². The number of benzene rings is 2. The number of ether oxygens (including phenoxy) is 1. The number of hydrogen-bond acceptors (Lipinski definition) is 4. The van der Waals surface area contributed by atoms with Crippen LogP contribution in [0.1, 0.15) is 19.4 Å². The van der Waals surface area contributed by atoms with E-state index in [4.69, 9.17) is 4.74 Å². The van der Waals surface area contributed by atoms with E-state index >= 15 is 0 Å². The molecule has 1 aromatic heterocycles. The van der Waals surface area contributed by atoms with Crippen molar-refractivity contribution >= 4 is 26.6 Å². The Labute approximate surface area is 177 Å². The molecule has 158 valence electrons. The number of hydrogen-bond donors (Lipinski definition) is 0. The third kappa shape index (κ3) is 4.27. The summed E-state index contributed by atoms with van der Waals surface area (Å²) < 4.78 is 33.8. The first-order valence-corrected chi connectivity index (χ1v) is 11.8. The van der Waals surface area contributed by atoms with Crippen LogP contribution >= 0.6 is 0 Å². The van der Waals surface area contributed by atoms with Gasteiger partial charge in [0.2, 0.25) is 5.91 Å². The highest BCUT2D eigenvalue weighted by molar-refractivity contribution is 7.90. The van der Waals surface area contributed by atoms with Gasteiger partial charge in [0.25, 0.3) is 0 Å². The Morgan fingerprint density at radius 3 is 2.33 bits per heavy atom. The number of fused-ring (bicyclic) bond motifs is 1. The fourth-order valence-corrected chi connectivity index (χ4v) is 5.67. The maximum absolute atomic E-state index is 13.2. The van der Waals surface area contributed by atoms with Crippen LogP contribution in [-0.2, 0) is 31.7 Å². The van der Waals surface area contributed by atoms with Gasteiger partial charge < -0.3 is 14.2 Å². The number of morpholine rings is 1. The van der Waals surface area contributed by atoms with Crippen LogP contribution in [0.4, 0.5) is 0 Å². The van der Waals surface area contributed by atoms with Gasteiger partial charge in [0, 0.05) is 30.2 Å². The van der Waals surface area contributed by atoms with Gasteiger partial charge in [-0.05, 0) is 25.5 Å². The van der Waals surface area contributed by atoms with Crippen LogP contribution in [0.2, 0.25) is 0 Å². The topological polar surface area (TPSA) is 68.6 Å². The van der Waals surface area contributed by atoms with E-state index in [1.165, 1.54) is 0 Å². The molecule has 2 atom stereocenters. The minimum atomic E-state index is -3.56. The smallest absolute Gasteiger partial charge is 0.242 e. The fraction of sp³-hybridized carbons (Fsp3) is 0.348. The summed E-state index contributed by atoms with van der Waals surface area (Å²) in [6.45, 7) is 5.09. The highest BCUT2D eigenvalue weighted by atomic mass is 32.2. The van der Waals surface area contributed by atoms with Crippen molar-refractivity contribution in [2.24, 2.45) is 0 Å². The summed E-state index contributed by atoms with van der Waals surface area (Å²) in [4.78, 5) is 15.0. The molecule has 0 saturated carbocycles. The van der Waals surface area contributed by atoms with Crippen LogP contribution in [0.15, 0.2) is 65.7 Å². The summed E-state index contributed by atoms with van der Waals surface area (Å²) in [7, 11) is -3.56. The second-order valence-corrected chi connectivity index (χ2v) is 9.90. The van der Waals surface area contributed by atoms with E-state index in [2.05, 4.69) is 0 Å². The van der Waals surface area contributed by atoms with Crippen LogP contribution in [0, 0.1) is 0 Å². The quantitative estimate of drug-likeness (QED) is 0.628. The highest BCUT2D eigenvalue weighted by Gasteiger charge is 2.27. The van der Waals surface area contributed by atoms with Gasteiger partial charge in [-0.25, -0.2) is 8.42 Å². The summed E-state index contributed by atoms with van der Waals surface area (Å²) >= 11 is 0. The first kappa shape index (κ1) is 20.6. The molecule has 0 aliphatic carbocycles. The zero-order chi connectivity index (χ0) is 21.3. The van der Waals surface area contributed by atoms with E-state index in [0.717, 1.165) is 11.1 Å². The minimum Gasteiger partial charge on any atom is -0.372 e. The summed E-state index contributed by atoms with van der Waals surface area (Å²) in [5.41, 5.74) is 1.48. The van der Waals surface area contributed by atoms with Gasteiger partial charge >= 0.3 is 0 Å². The Balaban J connectivity index is 1.65. The van der Waals surface area contributed by atoms with Gasteiger partial charge in [-0.1, -0.05) is 48.5 Å². The summed E-state index contributed by atoms with van der Waals surface area (Å²) in [5, 5.41) is 0.643. The molecule has 6 nitrogen and oxygen atoms in total. The maximum atomic E-state index is 13.2. The van der Waals surface area contributed by atoms with Gasteiger partial charge in [0.1, 0.15) is 6.54 Å². The predicted molar refractivity (Wildman–Crippen MR) is 116 cm³/mol. The highest BCUT2D eigenvalue weighted by Crippen LogP contribution is 2.28. The molecule has 0 radical (unpaired) electrons. The van der Waals surface area contributed by atoms with Gasteiger partial charge in [-0.2, -0.15) is 0 Å². The maximum Gasteiger partial charge on any atom is 0.242 e. The average molecular weight is 427 g/mol. The standard InChI is InChI=1S/C23H26N2O4S/c1-17-12-25(13-18(2)29-17)23(26)15-24-14-22(20-10-6-7-11-21(20)24)30(27,28)16-19-8-4-3-5-9-19/h3-11,14,17-18H,12-13,15-16H2,1-2H3/t17-,18+. The number of sulfone groups is 1. The Bertz CT molecular complexity index is 1140. The average Bonchev–Trinajstić information content (AvgIpc) is 3.07. The molecule has 3 aromatic rings. The van der Waals surface area contributed by atoms with Crippen LogP contribution in [0.3, 0.4) is 0 Å². The molecule has 1 aliphatic rings. The Morgan fingerprint density at radius 1 is 1.00 bits per heavy atom. The van der Waals surface area contributed by atoms with E-state index in [-0.39, 0.29) is 35.3 Å². The molecule has 0 N–H and O–H groups in total. The minimum absolute atomic E-state index is 0.0130. The van der Waals surface area contributed by atoms with Crippen LogP contribution in [0.5, 0.6) is 0 Å². The zero-order valence-electron chi connectivity index (χ0n) is 17.2. The number of nitrogens with zero attached hydrogens (tertiary/aromatic N) is 2. The van der Waals surface area contributed by atoms with Crippen molar-refractivity contribution in [1.82, 2.24) is 9.47 Å². The lowest BCUT2D eigenvalue weighted by atomic mass is 10.2. The molecule has 1 fully saturated rings. The van der Waals surface area contributed by atoms with Crippen molar-refractivity contribution < 1.29 is 17.9 Å². The molecule has 2 heterocycles. The lowest BCUT2D eigenvalue weighted by Gasteiger charge is -2.35. The summed E-state index contributed by atoms with van der Waals surface area (Å²) in [5.74, 6) is -0.112. The molecule has 0 spiro atoms. The number of carbonyl (C=O) groups excluding carboxylic acids is 1. The van der Waals surface area contributed by atoms with Gasteiger partial charge in [0.05, 0.1) is 22.9 Å². The Morgan fingerprint density at radius 2 is 1.63 bits per heavy atom. The van der Waals surface area contributed by atoms with E-state index in [1.54, 1.807) is 33.9 Å². The molecule has 0 bridgehead atoms. The molecule has 1 saturated heterocycles. The molecule has 7 heteroatoms. The molecule has 4 rings (SSSR count). The van der Waals surface area contributed by atoms with Crippen molar-refractivity contribution in [2.75, 3.05) is 13.1 Å².